The Morgan fingerprint density at radius 3 is 2.36 bits per heavy atom. The molecule has 6 heteroatoms. The lowest BCUT2D eigenvalue weighted by molar-refractivity contribution is -0.138. The number of piperidine rings is 2. The summed E-state index contributed by atoms with van der Waals surface area (Å²) in [5.74, 6) is 1.56. The summed E-state index contributed by atoms with van der Waals surface area (Å²) in [7, 11) is 0. The van der Waals surface area contributed by atoms with Gasteiger partial charge in [-0.05, 0) is 48.7 Å². The minimum atomic E-state index is -0.145. The molecule has 1 atom stereocenters. The molecule has 0 bridgehead atoms. The van der Waals surface area contributed by atoms with E-state index >= 15 is 0 Å². The predicted octanol–water partition coefficient (Wildman–Crippen LogP) is 5.16. The van der Waals surface area contributed by atoms with Gasteiger partial charge in [0.25, 0.3) is 5.91 Å². The van der Waals surface area contributed by atoms with Gasteiger partial charge in [0, 0.05) is 44.6 Å². The van der Waals surface area contributed by atoms with Crippen LogP contribution in [-0.2, 0) is 4.79 Å². The lowest BCUT2D eigenvalue weighted by atomic mass is 9.94. The largest absolute Gasteiger partial charge is 0.490 e. The van der Waals surface area contributed by atoms with E-state index < -0.39 is 0 Å². The highest BCUT2D eigenvalue weighted by atomic mass is 16.5. The van der Waals surface area contributed by atoms with Gasteiger partial charge in [-0.3, -0.25) is 9.59 Å². The molecule has 2 amide bonds. The average molecular weight is 487 g/mol. The van der Waals surface area contributed by atoms with Gasteiger partial charge in [-0.2, -0.15) is 0 Å². The molecule has 2 saturated heterocycles. The van der Waals surface area contributed by atoms with Gasteiger partial charge >= 0.3 is 0 Å². The maximum Gasteiger partial charge on any atom is 0.254 e. The Labute approximate surface area is 212 Å². The molecular formula is C30H34N2O4. The van der Waals surface area contributed by atoms with Gasteiger partial charge in [0.1, 0.15) is 6.10 Å². The third-order valence-electron chi connectivity index (χ3n) is 7.27. The molecule has 0 spiro atoms. The quantitative estimate of drug-likeness (QED) is 0.483. The van der Waals surface area contributed by atoms with Crippen LogP contribution in [0.3, 0.4) is 0 Å². The summed E-state index contributed by atoms with van der Waals surface area (Å²) in [6.45, 7) is 5.08. The number of amides is 2. The van der Waals surface area contributed by atoms with Crippen LogP contribution in [0.1, 0.15) is 43.0 Å². The second kappa shape index (κ2) is 11.0. The van der Waals surface area contributed by atoms with Crippen LogP contribution in [0.15, 0.2) is 66.7 Å². The molecule has 188 valence electrons. The maximum atomic E-state index is 13.4. The molecule has 3 aromatic rings. The van der Waals surface area contributed by atoms with Crippen LogP contribution in [0.2, 0.25) is 0 Å². The van der Waals surface area contributed by atoms with E-state index in [0.717, 1.165) is 48.0 Å². The first kappa shape index (κ1) is 24.2. The number of para-hydroxylation sites is 2. The second-order valence-corrected chi connectivity index (χ2v) is 9.64. The number of carbonyl (C=O) groups excluding carboxylic acids is 2. The minimum Gasteiger partial charge on any atom is -0.490 e. The summed E-state index contributed by atoms with van der Waals surface area (Å²) < 4.78 is 11.9. The van der Waals surface area contributed by atoms with Crippen molar-refractivity contribution in [2.24, 2.45) is 5.92 Å². The Balaban J connectivity index is 1.19. The van der Waals surface area contributed by atoms with Gasteiger partial charge in [0.15, 0.2) is 11.5 Å². The molecule has 2 aliphatic heterocycles. The Hall–Kier alpha value is -3.54. The fourth-order valence-corrected chi connectivity index (χ4v) is 5.40. The summed E-state index contributed by atoms with van der Waals surface area (Å²) >= 11 is 0. The van der Waals surface area contributed by atoms with Gasteiger partial charge < -0.3 is 19.3 Å². The Bertz CT molecular complexity index is 1210. The number of rotatable bonds is 6. The molecule has 2 heterocycles. The highest BCUT2D eigenvalue weighted by Crippen LogP contribution is 2.30. The highest BCUT2D eigenvalue weighted by Gasteiger charge is 2.34. The number of likely N-dealkylation sites (tertiary alicyclic amines) is 2. The fraction of sp³-hybridized carbons (Fsp3) is 0.400. The summed E-state index contributed by atoms with van der Waals surface area (Å²) in [4.78, 5) is 30.7. The van der Waals surface area contributed by atoms with E-state index in [1.54, 1.807) is 0 Å². The zero-order valence-corrected chi connectivity index (χ0v) is 20.9. The van der Waals surface area contributed by atoms with Crippen LogP contribution in [-0.4, -0.2) is 60.5 Å². The van der Waals surface area contributed by atoms with Crippen molar-refractivity contribution in [1.29, 1.82) is 0 Å². The first-order valence-corrected chi connectivity index (χ1v) is 13.1. The molecule has 0 radical (unpaired) electrons. The van der Waals surface area contributed by atoms with Crippen LogP contribution >= 0.6 is 0 Å². The number of nitrogens with zero attached hydrogens (tertiary/aromatic N) is 2. The molecule has 2 aliphatic rings. The van der Waals surface area contributed by atoms with Crippen LogP contribution in [0.4, 0.5) is 0 Å². The van der Waals surface area contributed by atoms with E-state index in [1.165, 1.54) is 0 Å². The molecule has 0 N–H and O–H groups in total. The number of hydrogen-bond donors (Lipinski definition) is 0. The number of fused-ring (bicyclic) bond motifs is 1. The van der Waals surface area contributed by atoms with Crippen LogP contribution in [0.25, 0.3) is 10.8 Å². The van der Waals surface area contributed by atoms with Crippen LogP contribution in [0.5, 0.6) is 11.5 Å². The minimum absolute atomic E-state index is 0.0179. The SMILES string of the molecule is CCOc1ccccc1OC1CCN(C(=O)C2CCCN(C(=O)c3cccc4ccccc34)C2)CC1. The normalized spacial score (nSPS) is 18.8. The summed E-state index contributed by atoms with van der Waals surface area (Å²) in [6, 6.07) is 21.6. The van der Waals surface area contributed by atoms with E-state index in [1.807, 2.05) is 83.5 Å². The van der Waals surface area contributed by atoms with Gasteiger partial charge in [-0.1, -0.05) is 48.5 Å². The number of carbonyl (C=O) groups is 2. The molecular weight excluding hydrogens is 452 g/mol. The molecule has 2 fully saturated rings. The van der Waals surface area contributed by atoms with E-state index in [9.17, 15) is 9.59 Å². The smallest absolute Gasteiger partial charge is 0.254 e. The zero-order valence-electron chi connectivity index (χ0n) is 20.9. The van der Waals surface area contributed by atoms with E-state index in [0.29, 0.717) is 38.3 Å². The molecule has 0 saturated carbocycles. The number of hydrogen-bond acceptors (Lipinski definition) is 4. The summed E-state index contributed by atoms with van der Waals surface area (Å²) in [6.07, 6.45) is 3.32. The van der Waals surface area contributed by atoms with Crippen molar-refractivity contribution in [3.63, 3.8) is 0 Å². The number of ether oxygens (including phenoxy) is 2. The molecule has 0 aliphatic carbocycles. The van der Waals surface area contributed by atoms with Crippen LogP contribution in [0, 0.1) is 5.92 Å². The number of benzene rings is 3. The van der Waals surface area contributed by atoms with E-state index in [4.69, 9.17) is 9.47 Å². The maximum absolute atomic E-state index is 13.4. The Kier molecular flexibility index (Phi) is 7.40. The lowest BCUT2D eigenvalue weighted by Crippen LogP contribution is -2.49. The first-order valence-electron chi connectivity index (χ1n) is 13.1. The fourth-order valence-electron chi connectivity index (χ4n) is 5.40. The van der Waals surface area contributed by atoms with Crippen molar-refractivity contribution < 1.29 is 19.1 Å². The third kappa shape index (κ3) is 5.18. The average Bonchev–Trinajstić information content (AvgIpc) is 2.93. The van der Waals surface area contributed by atoms with Gasteiger partial charge in [0.05, 0.1) is 12.5 Å². The molecule has 1 unspecified atom stereocenters. The van der Waals surface area contributed by atoms with E-state index in [-0.39, 0.29) is 23.8 Å². The molecule has 5 rings (SSSR count). The molecule has 6 nitrogen and oxygen atoms in total. The van der Waals surface area contributed by atoms with Gasteiger partial charge in [-0.25, -0.2) is 0 Å². The standard InChI is InChI=1S/C30H34N2O4/c1-2-35-27-14-5-6-15-28(27)36-24-16-19-31(20-17-24)29(33)23-11-8-18-32(21-23)30(34)26-13-7-10-22-9-3-4-12-25(22)26/h3-7,9-10,12-15,23-24H,2,8,11,16-21H2,1H3. The first-order chi connectivity index (χ1) is 17.6. The van der Waals surface area contributed by atoms with Crippen molar-refractivity contribution >= 4 is 22.6 Å². The predicted molar refractivity (Wildman–Crippen MR) is 140 cm³/mol. The monoisotopic (exact) mass is 486 g/mol. The molecule has 0 aromatic heterocycles. The van der Waals surface area contributed by atoms with Crippen molar-refractivity contribution in [3.05, 3.63) is 72.3 Å². The molecule has 3 aromatic carbocycles. The highest BCUT2D eigenvalue weighted by molar-refractivity contribution is 6.07. The topological polar surface area (TPSA) is 59.1 Å². The van der Waals surface area contributed by atoms with Crippen molar-refractivity contribution in [3.8, 4) is 11.5 Å². The second-order valence-electron chi connectivity index (χ2n) is 9.64. The lowest BCUT2D eigenvalue weighted by Gasteiger charge is -2.38. The Morgan fingerprint density at radius 2 is 1.56 bits per heavy atom. The molecule has 36 heavy (non-hydrogen) atoms. The van der Waals surface area contributed by atoms with Gasteiger partial charge in [0.2, 0.25) is 5.91 Å². The zero-order chi connectivity index (χ0) is 24.9. The summed E-state index contributed by atoms with van der Waals surface area (Å²) in [5, 5.41) is 2.02. The van der Waals surface area contributed by atoms with Crippen molar-refractivity contribution in [2.45, 2.75) is 38.7 Å². The van der Waals surface area contributed by atoms with Crippen molar-refractivity contribution in [2.75, 3.05) is 32.8 Å². The van der Waals surface area contributed by atoms with E-state index in [2.05, 4.69) is 0 Å². The third-order valence-corrected chi connectivity index (χ3v) is 7.27. The Morgan fingerprint density at radius 1 is 0.833 bits per heavy atom. The van der Waals surface area contributed by atoms with Gasteiger partial charge in [-0.15, -0.1) is 0 Å². The summed E-state index contributed by atoms with van der Waals surface area (Å²) in [5.41, 5.74) is 0.714. The van der Waals surface area contributed by atoms with Crippen LogP contribution < -0.4 is 9.47 Å². The van der Waals surface area contributed by atoms with Crippen molar-refractivity contribution in [1.82, 2.24) is 9.80 Å².